The van der Waals surface area contributed by atoms with E-state index >= 15 is 0 Å². The van der Waals surface area contributed by atoms with E-state index in [4.69, 9.17) is 0 Å². The molecule has 87 valence electrons. The maximum absolute atomic E-state index is 9.80. The third-order valence-electron chi connectivity index (χ3n) is 2.91. The maximum Gasteiger partial charge on any atom is 0.0450 e. The van der Waals surface area contributed by atoms with Gasteiger partial charge in [0.05, 0.1) is 0 Å². The number of fused-ring (bicyclic) bond motifs is 1. The van der Waals surface area contributed by atoms with E-state index in [2.05, 4.69) is 36.2 Å². The smallest absolute Gasteiger partial charge is 0.0450 e. The van der Waals surface area contributed by atoms with Crippen LogP contribution >= 0.6 is 0 Å². The topological polar surface area (TPSA) is 36.0 Å². The second-order valence-corrected chi connectivity index (χ2v) is 4.22. The average molecular weight is 311 g/mol. The van der Waals surface area contributed by atoms with Crippen LogP contribution in [0.15, 0.2) is 42.5 Å². The minimum Gasteiger partial charge on any atom is -0.533 e. The number of H-pyrrole nitrogens is 1. The zero-order valence-corrected chi connectivity index (χ0v) is 12.9. The summed E-state index contributed by atoms with van der Waals surface area (Å²) in [6.45, 7) is 2.07. The van der Waals surface area contributed by atoms with Crippen LogP contribution in [0.2, 0.25) is 0 Å². The fourth-order valence-corrected chi connectivity index (χ4v) is 2.04. The van der Waals surface area contributed by atoms with Gasteiger partial charge >= 0.3 is 0 Å². The molecule has 1 radical (unpaired) electrons. The molecule has 3 rings (SSSR count). The molecule has 1 heterocycles. The van der Waals surface area contributed by atoms with Gasteiger partial charge in [-0.3, -0.25) is 0 Å². The van der Waals surface area contributed by atoms with Crippen LogP contribution in [0.1, 0.15) is 5.56 Å². The minimum absolute atomic E-state index is 0. The number of nitrogens with one attached hydrogen (secondary N) is 1. The monoisotopic (exact) mass is 311 g/mol. The first-order valence-corrected chi connectivity index (χ1v) is 5.53. The van der Waals surface area contributed by atoms with Crippen LogP contribution in [0.5, 0.6) is 5.75 Å². The summed E-state index contributed by atoms with van der Waals surface area (Å²) in [5.74, 6) is 0.270. The summed E-state index contributed by atoms with van der Waals surface area (Å²) in [4.78, 5) is 3.30. The largest absolute Gasteiger partial charge is 0.533 e. The van der Waals surface area contributed by atoms with E-state index in [1.807, 2.05) is 6.07 Å². The Morgan fingerprint density at radius 2 is 2.00 bits per heavy atom. The van der Waals surface area contributed by atoms with Crippen LogP contribution in [0.25, 0.3) is 22.2 Å². The Labute approximate surface area is 131 Å². The molecule has 0 saturated carbocycles. The van der Waals surface area contributed by atoms with Crippen molar-refractivity contribution in [1.82, 2.24) is 4.98 Å². The molecule has 1 aromatic heterocycles. The van der Waals surface area contributed by atoms with E-state index in [0.717, 1.165) is 22.2 Å². The molecular weight excluding hydrogens is 299 g/mol. The summed E-state index contributed by atoms with van der Waals surface area (Å²) in [5, 5.41) is 11.0. The number of aromatic nitrogens is 1. The Morgan fingerprint density at radius 3 is 2.78 bits per heavy atom. The van der Waals surface area contributed by atoms with Gasteiger partial charge in [0.2, 0.25) is 0 Å². The minimum atomic E-state index is 0. The van der Waals surface area contributed by atoms with Gasteiger partial charge < -0.3 is 10.1 Å². The predicted octanol–water partition coefficient (Wildman–Crippen LogP) is 3.65. The molecule has 0 saturated heterocycles. The first-order valence-electron chi connectivity index (χ1n) is 5.53. The van der Waals surface area contributed by atoms with Gasteiger partial charge in [-0.15, -0.1) is 6.07 Å². The Morgan fingerprint density at radius 1 is 1.17 bits per heavy atom. The van der Waals surface area contributed by atoms with Crippen LogP contribution < -0.4 is 0 Å². The molecule has 0 aliphatic rings. The molecule has 2 nitrogen and oxygen atoms in total. The molecule has 0 aliphatic heterocycles. The Bertz CT molecular complexity index is 688. The zero-order chi connectivity index (χ0) is 11.8. The summed E-state index contributed by atoms with van der Waals surface area (Å²) in [6.07, 6.45) is 0. The zero-order valence-electron chi connectivity index (χ0n) is 10.1. The van der Waals surface area contributed by atoms with Crippen molar-refractivity contribution < 1.29 is 37.8 Å². The van der Waals surface area contributed by atoms with Gasteiger partial charge in [0, 0.05) is 44.0 Å². The van der Waals surface area contributed by atoms with Crippen LogP contribution in [-0.4, -0.2) is 10.1 Å². The van der Waals surface area contributed by atoms with Crippen molar-refractivity contribution in [1.29, 1.82) is 0 Å². The normalized spacial score (nSPS) is 10.3. The molecule has 3 heteroatoms. The van der Waals surface area contributed by atoms with Crippen molar-refractivity contribution in [2.24, 2.45) is 0 Å². The summed E-state index contributed by atoms with van der Waals surface area (Å²) in [7, 11) is 0. The third kappa shape index (κ3) is 2.36. The van der Waals surface area contributed by atoms with Crippen molar-refractivity contribution >= 4 is 10.9 Å². The summed E-state index contributed by atoms with van der Waals surface area (Å²) in [5.41, 5.74) is 4.00. The second-order valence-electron chi connectivity index (χ2n) is 4.22. The van der Waals surface area contributed by atoms with Gasteiger partial charge in [-0.1, -0.05) is 17.2 Å². The number of phenols is 1. The van der Waals surface area contributed by atoms with Gasteiger partial charge in [0.1, 0.15) is 0 Å². The van der Waals surface area contributed by atoms with Gasteiger partial charge in [0.25, 0.3) is 0 Å². The van der Waals surface area contributed by atoms with Crippen LogP contribution in [0, 0.1) is 13.0 Å². The average Bonchev–Trinajstić information content (AvgIpc) is 2.72. The van der Waals surface area contributed by atoms with Crippen LogP contribution in [0.3, 0.4) is 0 Å². The predicted molar refractivity (Wildman–Crippen MR) is 69.0 cm³/mol. The number of benzene rings is 2. The Kier molecular flexibility index (Phi) is 3.89. The molecule has 0 spiro atoms. The molecule has 0 bridgehead atoms. The molecule has 0 aliphatic carbocycles. The Hall–Kier alpha value is -1.12. The van der Waals surface area contributed by atoms with Crippen molar-refractivity contribution in [3.63, 3.8) is 0 Å². The van der Waals surface area contributed by atoms with Gasteiger partial charge in [-0.2, -0.15) is 18.2 Å². The fourth-order valence-electron chi connectivity index (χ4n) is 2.04. The van der Waals surface area contributed by atoms with Crippen LogP contribution in [0.4, 0.5) is 0 Å². The van der Waals surface area contributed by atoms with E-state index < -0.39 is 0 Å². The first-order chi connectivity index (χ1) is 8.24. The quantitative estimate of drug-likeness (QED) is 0.661. The number of aromatic hydroxyl groups is 1. The molecule has 0 amide bonds. The summed E-state index contributed by atoms with van der Waals surface area (Å²) < 4.78 is 0. The fraction of sp³-hybridized carbons (Fsp3) is 0.0667. The maximum atomic E-state index is 9.80. The van der Waals surface area contributed by atoms with Crippen LogP contribution in [-0.2, 0) is 32.7 Å². The van der Waals surface area contributed by atoms with Gasteiger partial charge in [-0.05, 0) is 36.2 Å². The van der Waals surface area contributed by atoms with E-state index in [1.165, 1.54) is 5.56 Å². The van der Waals surface area contributed by atoms with Crippen molar-refractivity contribution in [3.05, 3.63) is 54.1 Å². The molecule has 2 aromatic carbocycles. The second kappa shape index (κ2) is 5.25. The van der Waals surface area contributed by atoms with Gasteiger partial charge in [0.15, 0.2) is 0 Å². The van der Waals surface area contributed by atoms with Crippen molar-refractivity contribution in [2.75, 3.05) is 0 Å². The molecule has 2 N–H and O–H groups in total. The molecule has 3 aromatic rings. The summed E-state index contributed by atoms with van der Waals surface area (Å²) in [6, 6.07) is 16.4. The van der Waals surface area contributed by atoms with E-state index in [0.29, 0.717) is 0 Å². The standard InChI is InChI=1S/C15H12NO.Y/c1-10-6-7-13-11(8-10)9-14(16-13)12-4-2-3-5-15(12)17;/h3-9,16-17H,1H3;/q-1;. The van der Waals surface area contributed by atoms with E-state index in [1.54, 1.807) is 18.2 Å². The SMILES string of the molecule is Cc1ccc2[nH]c(-c3c[c-]ccc3O)cc2c1.[Y]. The van der Waals surface area contributed by atoms with Crippen molar-refractivity contribution in [3.8, 4) is 17.0 Å². The molecule has 0 atom stereocenters. The first kappa shape index (κ1) is 13.3. The number of rotatable bonds is 1. The number of phenolic OH excluding ortho intramolecular Hbond substituents is 1. The number of aryl methyl sites for hydroxylation is 1. The van der Waals surface area contributed by atoms with E-state index in [9.17, 15) is 5.11 Å². The number of hydrogen-bond acceptors (Lipinski definition) is 1. The molecule has 0 fully saturated rings. The van der Waals surface area contributed by atoms with Crippen molar-refractivity contribution in [2.45, 2.75) is 6.92 Å². The number of aromatic amines is 1. The molecule has 0 unspecified atom stereocenters. The molecular formula is C15H12NOY-. The Balaban J connectivity index is 0.00000120. The summed E-state index contributed by atoms with van der Waals surface area (Å²) >= 11 is 0. The van der Waals surface area contributed by atoms with Gasteiger partial charge in [-0.25, -0.2) is 0 Å². The molecule has 18 heavy (non-hydrogen) atoms. The van der Waals surface area contributed by atoms with E-state index in [-0.39, 0.29) is 38.5 Å². The number of hydrogen-bond donors (Lipinski definition) is 2. The third-order valence-corrected chi connectivity index (χ3v) is 2.91.